The zero-order valence-corrected chi connectivity index (χ0v) is 45.6. The second-order valence-corrected chi connectivity index (χ2v) is 20.7. The van der Waals surface area contributed by atoms with Crippen molar-refractivity contribution in [3.63, 3.8) is 0 Å². The van der Waals surface area contributed by atoms with Gasteiger partial charge < -0.3 is 20.3 Å². The van der Waals surface area contributed by atoms with Gasteiger partial charge in [0.15, 0.2) is 0 Å². The summed E-state index contributed by atoms with van der Waals surface area (Å²) in [6.07, 6.45) is 71.8. The maximum atomic E-state index is 12.5. The number of aliphatic hydroxyl groups is 2. The van der Waals surface area contributed by atoms with E-state index in [-0.39, 0.29) is 18.5 Å². The fraction of sp³-hybridized carbons (Fsp3) is 0.871. The zero-order chi connectivity index (χ0) is 49.3. The maximum Gasteiger partial charge on any atom is 0.305 e. The lowest BCUT2D eigenvalue weighted by molar-refractivity contribution is -0.143. The first-order chi connectivity index (χ1) is 33.5. The minimum Gasteiger partial charge on any atom is -0.466 e. The molecule has 0 aliphatic carbocycles. The number of carbonyl (C=O) groups excluding carboxylic acids is 2. The molecule has 0 bridgehead atoms. The van der Waals surface area contributed by atoms with Gasteiger partial charge in [0.25, 0.3) is 0 Å². The van der Waals surface area contributed by atoms with Crippen LogP contribution in [0.2, 0.25) is 0 Å². The van der Waals surface area contributed by atoms with Gasteiger partial charge in [-0.2, -0.15) is 0 Å². The first-order valence-electron chi connectivity index (χ1n) is 30.3. The minimum atomic E-state index is -0.865. The van der Waals surface area contributed by atoms with Gasteiger partial charge in [-0.15, -0.1) is 0 Å². The quantitative estimate of drug-likeness (QED) is 0.0321. The average molecular weight is 957 g/mol. The first kappa shape index (κ1) is 66.1. The van der Waals surface area contributed by atoms with Crippen LogP contribution in [0.4, 0.5) is 0 Å². The molecule has 3 N–H and O–H groups in total. The van der Waals surface area contributed by atoms with Crippen molar-refractivity contribution in [1.29, 1.82) is 0 Å². The van der Waals surface area contributed by atoms with Crippen LogP contribution in [0.25, 0.3) is 0 Å². The van der Waals surface area contributed by atoms with E-state index in [1.54, 1.807) is 6.08 Å². The Labute approximate surface area is 424 Å². The molecule has 0 spiro atoms. The molecule has 0 radical (unpaired) electrons. The van der Waals surface area contributed by atoms with Crippen LogP contribution < -0.4 is 5.32 Å². The highest BCUT2D eigenvalue weighted by Crippen LogP contribution is 2.17. The van der Waals surface area contributed by atoms with Crippen molar-refractivity contribution in [1.82, 2.24) is 5.32 Å². The molecule has 0 saturated heterocycles. The molecular formula is C62H117NO5. The van der Waals surface area contributed by atoms with Crippen LogP contribution in [-0.2, 0) is 14.3 Å². The van der Waals surface area contributed by atoms with Crippen LogP contribution in [0.5, 0.6) is 0 Å². The van der Waals surface area contributed by atoms with Gasteiger partial charge in [-0.3, -0.25) is 9.59 Å². The van der Waals surface area contributed by atoms with Crippen LogP contribution in [0.3, 0.4) is 0 Å². The SMILES string of the molecule is CCCCCCCC/C=C\CCCCCCCC(=O)OCCCC/C=C\CCCCCCCC(=O)NC(CO)C(O)/C=C/CCCCCCCCCCCCCCCCCCCCCCCCC. The van der Waals surface area contributed by atoms with Crippen molar-refractivity contribution in [3.8, 4) is 0 Å². The summed E-state index contributed by atoms with van der Waals surface area (Å²) >= 11 is 0. The topological polar surface area (TPSA) is 95.9 Å². The van der Waals surface area contributed by atoms with E-state index in [1.807, 2.05) is 6.08 Å². The monoisotopic (exact) mass is 956 g/mol. The molecule has 0 aliphatic heterocycles. The number of ether oxygens (including phenoxy) is 1. The summed E-state index contributed by atoms with van der Waals surface area (Å²) in [5.41, 5.74) is 0. The summed E-state index contributed by atoms with van der Waals surface area (Å²) in [6, 6.07) is -0.651. The smallest absolute Gasteiger partial charge is 0.305 e. The molecule has 6 heteroatoms. The number of carbonyl (C=O) groups is 2. The molecule has 1 amide bonds. The number of nitrogens with one attached hydrogen (secondary N) is 1. The summed E-state index contributed by atoms with van der Waals surface area (Å²) in [6.45, 7) is 4.83. The Morgan fingerprint density at radius 1 is 0.397 bits per heavy atom. The number of amides is 1. The average Bonchev–Trinajstić information content (AvgIpc) is 3.34. The molecule has 0 aromatic rings. The maximum absolute atomic E-state index is 12.5. The molecular weight excluding hydrogens is 839 g/mol. The molecule has 68 heavy (non-hydrogen) atoms. The molecule has 2 atom stereocenters. The Balaban J connectivity index is 3.53. The highest BCUT2D eigenvalue weighted by atomic mass is 16.5. The Kier molecular flexibility index (Phi) is 56.0. The fourth-order valence-corrected chi connectivity index (χ4v) is 9.21. The van der Waals surface area contributed by atoms with Crippen LogP contribution in [0.1, 0.15) is 322 Å². The van der Waals surface area contributed by atoms with Gasteiger partial charge in [-0.25, -0.2) is 0 Å². The normalized spacial score (nSPS) is 12.8. The third kappa shape index (κ3) is 53.4. The third-order valence-corrected chi connectivity index (χ3v) is 13.9. The second kappa shape index (κ2) is 57.7. The van der Waals surface area contributed by atoms with Crippen molar-refractivity contribution < 1.29 is 24.5 Å². The molecule has 0 aliphatic rings. The molecule has 0 rings (SSSR count). The van der Waals surface area contributed by atoms with E-state index in [0.717, 1.165) is 83.5 Å². The van der Waals surface area contributed by atoms with Crippen LogP contribution in [0, 0.1) is 0 Å². The van der Waals surface area contributed by atoms with Crippen molar-refractivity contribution in [2.75, 3.05) is 13.2 Å². The van der Waals surface area contributed by atoms with E-state index in [2.05, 4.69) is 43.5 Å². The summed E-state index contributed by atoms with van der Waals surface area (Å²) in [5.74, 6) is -0.135. The number of hydrogen-bond acceptors (Lipinski definition) is 5. The lowest BCUT2D eigenvalue weighted by Gasteiger charge is -2.20. The number of allylic oxidation sites excluding steroid dienone is 5. The van der Waals surface area contributed by atoms with Crippen molar-refractivity contribution >= 4 is 11.9 Å². The molecule has 0 heterocycles. The lowest BCUT2D eigenvalue weighted by Crippen LogP contribution is -2.45. The van der Waals surface area contributed by atoms with Gasteiger partial charge in [0.1, 0.15) is 0 Å². The predicted octanol–water partition coefficient (Wildman–Crippen LogP) is 18.8. The number of hydrogen-bond donors (Lipinski definition) is 3. The molecule has 0 aromatic heterocycles. The summed E-state index contributed by atoms with van der Waals surface area (Å²) in [4.78, 5) is 24.5. The van der Waals surface area contributed by atoms with Gasteiger partial charge in [0, 0.05) is 12.8 Å². The standard InChI is InChI=1S/C62H117NO5/c1-3-5-7-9-11-13-15-17-19-20-21-22-23-24-25-26-27-28-30-31-34-38-42-46-50-54-60(65)59(58-64)63-61(66)55-51-47-43-39-35-33-37-41-45-49-53-57-68-62(67)56-52-48-44-40-36-32-29-18-16-14-12-10-8-6-4-2/h18,29,37,41,50,54,59-60,64-65H,3-17,19-28,30-36,38-40,42-49,51-53,55-58H2,1-2H3,(H,63,66)/b29-18-,41-37-,54-50+. The van der Waals surface area contributed by atoms with Crippen LogP contribution in [-0.4, -0.2) is 47.4 Å². The van der Waals surface area contributed by atoms with Gasteiger partial charge >= 0.3 is 5.97 Å². The summed E-state index contributed by atoms with van der Waals surface area (Å²) in [5, 5.41) is 23.2. The Morgan fingerprint density at radius 2 is 0.691 bits per heavy atom. The summed E-state index contributed by atoms with van der Waals surface area (Å²) < 4.78 is 5.44. The van der Waals surface area contributed by atoms with Gasteiger partial charge in [0.2, 0.25) is 5.91 Å². The zero-order valence-electron chi connectivity index (χ0n) is 45.6. The number of rotatable bonds is 56. The lowest BCUT2D eigenvalue weighted by atomic mass is 10.0. The van der Waals surface area contributed by atoms with Gasteiger partial charge in [0.05, 0.1) is 25.4 Å². The highest BCUT2D eigenvalue weighted by Gasteiger charge is 2.18. The number of aliphatic hydroxyl groups excluding tert-OH is 2. The highest BCUT2D eigenvalue weighted by molar-refractivity contribution is 5.76. The van der Waals surface area contributed by atoms with Crippen molar-refractivity contribution in [2.45, 2.75) is 334 Å². The molecule has 2 unspecified atom stereocenters. The predicted molar refractivity (Wildman–Crippen MR) is 296 cm³/mol. The molecule has 0 fully saturated rings. The largest absolute Gasteiger partial charge is 0.466 e. The van der Waals surface area contributed by atoms with E-state index < -0.39 is 12.1 Å². The van der Waals surface area contributed by atoms with Crippen molar-refractivity contribution in [3.05, 3.63) is 36.5 Å². The molecule has 400 valence electrons. The third-order valence-electron chi connectivity index (χ3n) is 13.9. The Morgan fingerprint density at radius 3 is 1.04 bits per heavy atom. The minimum absolute atomic E-state index is 0.0404. The van der Waals surface area contributed by atoms with Gasteiger partial charge in [-0.05, 0) is 83.5 Å². The van der Waals surface area contributed by atoms with E-state index in [0.29, 0.717) is 19.4 Å². The fourth-order valence-electron chi connectivity index (χ4n) is 9.21. The van der Waals surface area contributed by atoms with E-state index >= 15 is 0 Å². The number of esters is 1. The van der Waals surface area contributed by atoms with E-state index in [9.17, 15) is 19.8 Å². The number of unbranched alkanes of at least 4 members (excludes halogenated alkanes) is 41. The molecule has 6 nitrogen and oxygen atoms in total. The second-order valence-electron chi connectivity index (χ2n) is 20.7. The van der Waals surface area contributed by atoms with Crippen LogP contribution >= 0.6 is 0 Å². The molecule has 0 aromatic carbocycles. The van der Waals surface area contributed by atoms with Gasteiger partial charge in [-0.1, -0.05) is 262 Å². The van der Waals surface area contributed by atoms with Crippen LogP contribution in [0.15, 0.2) is 36.5 Å². The first-order valence-corrected chi connectivity index (χ1v) is 30.3. The van der Waals surface area contributed by atoms with E-state index in [1.165, 1.54) is 212 Å². The molecule has 0 saturated carbocycles. The summed E-state index contributed by atoms with van der Waals surface area (Å²) in [7, 11) is 0. The Bertz CT molecular complexity index is 1100. The Hall–Kier alpha value is -1.92. The van der Waals surface area contributed by atoms with Crippen molar-refractivity contribution in [2.24, 2.45) is 0 Å². The van der Waals surface area contributed by atoms with E-state index in [4.69, 9.17) is 4.74 Å².